The van der Waals surface area contributed by atoms with E-state index in [4.69, 9.17) is 9.47 Å². The SMILES string of the molecule is COc1ccc(-c2cn(CC(=O)O)c3cc(OC)ccc3c2=O)cc1. The Hall–Kier alpha value is -3.28. The first kappa shape index (κ1) is 16.6. The summed E-state index contributed by atoms with van der Waals surface area (Å²) in [5, 5.41) is 9.65. The maximum Gasteiger partial charge on any atom is 0.323 e. The lowest BCUT2D eigenvalue weighted by atomic mass is 10.0. The third kappa shape index (κ3) is 3.19. The first-order chi connectivity index (χ1) is 12.0. The molecule has 0 saturated carbocycles. The number of rotatable bonds is 5. The zero-order valence-electron chi connectivity index (χ0n) is 13.9. The van der Waals surface area contributed by atoms with Gasteiger partial charge in [-0.2, -0.15) is 0 Å². The number of pyridine rings is 1. The predicted octanol–water partition coefficient (Wildman–Crippen LogP) is 2.77. The smallest absolute Gasteiger partial charge is 0.323 e. The maximum absolute atomic E-state index is 12.9. The summed E-state index contributed by atoms with van der Waals surface area (Å²) in [6, 6.07) is 12.1. The lowest BCUT2D eigenvalue weighted by Gasteiger charge is -2.13. The van der Waals surface area contributed by atoms with Gasteiger partial charge in [0, 0.05) is 23.2 Å². The van der Waals surface area contributed by atoms with Crippen molar-refractivity contribution in [3.8, 4) is 22.6 Å². The number of benzene rings is 2. The molecule has 1 aromatic heterocycles. The summed E-state index contributed by atoms with van der Waals surface area (Å²) in [6.07, 6.45) is 1.57. The zero-order chi connectivity index (χ0) is 18.0. The monoisotopic (exact) mass is 339 g/mol. The minimum absolute atomic E-state index is 0.163. The van der Waals surface area contributed by atoms with E-state index in [9.17, 15) is 14.7 Å². The fourth-order valence-corrected chi connectivity index (χ4v) is 2.75. The number of aromatic nitrogens is 1. The van der Waals surface area contributed by atoms with Gasteiger partial charge in [-0.25, -0.2) is 0 Å². The molecule has 1 N–H and O–H groups in total. The molecule has 128 valence electrons. The normalized spacial score (nSPS) is 10.6. The average Bonchev–Trinajstić information content (AvgIpc) is 2.63. The number of methoxy groups -OCH3 is 2. The minimum Gasteiger partial charge on any atom is -0.497 e. The summed E-state index contributed by atoms with van der Waals surface area (Å²) in [4.78, 5) is 24.1. The summed E-state index contributed by atoms with van der Waals surface area (Å²) in [5.74, 6) is 0.247. The molecule has 0 fully saturated rings. The molecule has 0 bridgehead atoms. The molecule has 3 rings (SSSR count). The van der Waals surface area contributed by atoms with E-state index in [-0.39, 0.29) is 12.0 Å². The van der Waals surface area contributed by atoms with Gasteiger partial charge < -0.3 is 19.1 Å². The van der Waals surface area contributed by atoms with Gasteiger partial charge in [0.15, 0.2) is 5.43 Å². The summed E-state index contributed by atoms with van der Waals surface area (Å²) in [7, 11) is 3.09. The van der Waals surface area contributed by atoms with Gasteiger partial charge in [0.1, 0.15) is 18.0 Å². The Morgan fingerprint density at radius 3 is 2.28 bits per heavy atom. The van der Waals surface area contributed by atoms with Crippen molar-refractivity contribution in [3.05, 3.63) is 58.9 Å². The third-order valence-electron chi connectivity index (χ3n) is 4.00. The Balaban J connectivity index is 2.27. The standard InChI is InChI=1S/C19H17NO5/c1-24-13-5-3-12(4-6-13)16-10-20(11-18(21)22)17-9-14(25-2)7-8-15(17)19(16)23/h3-10H,11H2,1-2H3,(H,21,22). The number of hydrogen-bond acceptors (Lipinski definition) is 4. The van der Waals surface area contributed by atoms with Gasteiger partial charge in [-0.05, 0) is 29.8 Å². The molecule has 3 aromatic rings. The second-order valence-corrected chi connectivity index (χ2v) is 5.51. The second-order valence-electron chi connectivity index (χ2n) is 5.51. The molecule has 0 aliphatic carbocycles. The van der Waals surface area contributed by atoms with E-state index < -0.39 is 5.97 Å². The van der Waals surface area contributed by atoms with Crippen molar-refractivity contribution in [2.45, 2.75) is 6.54 Å². The van der Waals surface area contributed by atoms with Crippen LogP contribution in [0.3, 0.4) is 0 Å². The third-order valence-corrected chi connectivity index (χ3v) is 4.00. The van der Waals surface area contributed by atoms with Crippen molar-refractivity contribution >= 4 is 16.9 Å². The lowest BCUT2D eigenvalue weighted by molar-refractivity contribution is -0.137. The number of carbonyl (C=O) groups is 1. The number of aliphatic carboxylic acids is 1. The number of ether oxygens (including phenoxy) is 2. The van der Waals surface area contributed by atoms with Crippen molar-refractivity contribution in [2.75, 3.05) is 14.2 Å². The van der Waals surface area contributed by atoms with Crippen molar-refractivity contribution in [1.82, 2.24) is 4.57 Å². The van der Waals surface area contributed by atoms with E-state index in [1.54, 1.807) is 60.3 Å². The van der Waals surface area contributed by atoms with Crippen LogP contribution in [0.4, 0.5) is 0 Å². The summed E-state index contributed by atoms with van der Waals surface area (Å²) in [5.41, 5.74) is 1.48. The van der Waals surface area contributed by atoms with Crippen LogP contribution >= 0.6 is 0 Å². The molecule has 2 aromatic carbocycles. The molecule has 0 unspecified atom stereocenters. The Morgan fingerprint density at radius 2 is 1.68 bits per heavy atom. The van der Waals surface area contributed by atoms with Gasteiger partial charge in [0.2, 0.25) is 0 Å². The number of hydrogen-bond donors (Lipinski definition) is 1. The summed E-state index contributed by atoms with van der Waals surface area (Å²) < 4.78 is 11.9. The van der Waals surface area contributed by atoms with Crippen molar-refractivity contribution in [3.63, 3.8) is 0 Å². The maximum atomic E-state index is 12.9. The predicted molar refractivity (Wildman–Crippen MR) is 94.4 cm³/mol. The second kappa shape index (κ2) is 6.68. The highest BCUT2D eigenvalue weighted by molar-refractivity contribution is 5.86. The fraction of sp³-hybridized carbons (Fsp3) is 0.158. The van der Waals surface area contributed by atoms with Crippen molar-refractivity contribution in [2.24, 2.45) is 0 Å². The van der Waals surface area contributed by atoms with E-state index in [0.29, 0.717) is 33.5 Å². The van der Waals surface area contributed by atoms with E-state index in [1.165, 1.54) is 7.11 Å². The summed E-state index contributed by atoms with van der Waals surface area (Å²) in [6.45, 7) is -0.257. The molecule has 0 saturated heterocycles. The van der Waals surface area contributed by atoms with E-state index >= 15 is 0 Å². The molecule has 6 heteroatoms. The van der Waals surface area contributed by atoms with Crippen LogP contribution in [0.2, 0.25) is 0 Å². The fourth-order valence-electron chi connectivity index (χ4n) is 2.75. The van der Waals surface area contributed by atoms with Crippen LogP contribution < -0.4 is 14.9 Å². The van der Waals surface area contributed by atoms with Crippen LogP contribution in [0, 0.1) is 0 Å². The largest absolute Gasteiger partial charge is 0.497 e. The van der Waals surface area contributed by atoms with E-state index in [0.717, 1.165) is 0 Å². The first-order valence-electron chi connectivity index (χ1n) is 7.61. The van der Waals surface area contributed by atoms with Gasteiger partial charge in [0.25, 0.3) is 0 Å². The Bertz CT molecular complexity index is 989. The van der Waals surface area contributed by atoms with Gasteiger partial charge in [0.05, 0.1) is 19.7 Å². The first-order valence-corrected chi connectivity index (χ1v) is 7.61. The topological polar surface area (TPSA) is 77.8 Å². The molecule has 25 heavy (non-hydrogen) atoms. The zero-order valence-corrected chi connectivity index (χ0v) is 13.9. The number of nitrogens with zero attached hydrogens (tertiary/aromatic N) is 1. The molecule has 0 aliphatic rings. The molecule has 0 atom stereocenters. The molecule has 0 radical (unpaired) electrons. The average molecular weight is 339 g/mol. The highest BCUT2D eigenvalue weighted by Crippen LogP contribution is 2.24. The molecule has 0 aliphatic heterocycles. The van der Waals surface area contributed by atoms with E-state index in [1.807, 2.05) is 0 Å². The van der Waals surface area contributed by atoms with Crippen LogP contribution in [-0.4, -0.2) is 29.9 Å². The Morgan fingerprint density at radius 1 is 1.04 bits per heavy atom. The highest BCUT2D eigenvalue weighted by Gasteiger charge is 2.13. The van der Waals surface area contributed by atoms with Crippen LogP contribution in [-0.2, 0) is 11.3 Å². The van der Waals surface area contributed by atoms with Gasteiger partial charge in [-0.3, -0.25) is 9.59 Å². The van der Waals surface area contributed by atoms with E-state index in [2.05, 4.69) is 0 Å². The molecule has 0 spiro atoms. The molecular formula is C19H17NO5. The van der Waals surface area contributed by atoms with Gasteiger partial charge in [-0.15, -0.1) is 0 Å². The molecular weight excluding hydrogens is 322 g/mol. The van der Waals surface area contributed by atoms with Gasteiger partial charge in [-0.1, -0.05) is 12.1 Å². The quantitative estimate of drug-likeness (QED) is 0.773. The van der Waals surface area contributed by atoms with Crippen molar-refractivity contribution in [1.29, 1.82) is 0 Å². The molecule has 6 nitrogen and oxygen atoms in total. The minimum atomic E-state index is -0.992. The Labute approximate surface area is 143 Å². The number of carboxylic acids is 1. The van der Waals surface area contributed by atoms with Crippen molar-refractivity contribution < 1.29 is 19.4 Å². The molecule has 1 heterocycles. The number of fused-ring (bicyclic) bond motifs is 1. The number of carboxylic acid groups (broad SMARTS) is 1. The van der Waals surface area contributed by atoms with Crippen LogP contribution in [0.25, 0.3) is 22.0 Å². The van der Waals surface area contributed by atoms with Crippen LogP contribution in [0.5, 0.6) is 11.5 Å². The highest BCUT2D eigenvalue weighted by atomic mass is 16.5. The summed E-state index contributed by atoms with van der Waals surface area (Å²) >= 11 is 0. The van der Waals surface area contributed by atoms with Gasteiger partial charge >= 0.3 is 5.97 Å². The van der Waals surface area contributed by atoms with Crippen LogP contribution in [0.15, 0.2) is 53.5 Å². The Kier molecular flexibility index (Phi) is 4.43. The lowest BCUT2D eigenvalue weighted by Crippen LogP contribution is -2.16. The molecule has 0 amide bonds. The van der Waals surface area contributed by atoms with Crippen LogP contribution in [0.1, 0.15) is 0 Å².